The average Bonchev–Trinajstić information content (AvgIpc) is 2.25. The van der Waals surface area contributed by atoms with Crippen LogP contribution in [0.1, 0.15) is 30.9 Å². The molecule has 0 aromatic heterocycles. The van der Waals surface area contributed by atoms with E-state index in [9.17, 15) is 4.79 Å². The molecular formula is C14H21NO. The number of benzene rings is 1. The van der Waals surface area contributed by atoms with Crippen molar-refractivity contribution in [2.24, 2.45) is 11.7 Å². The van der Waals surface area contributed by atoms with E-state index < -0.39 is 0 Å². The van der Waals surface area contributed by atoms with E-state index in [1.807, 2.05) is 25.1 Å². The molecule has 0 aliphatic carbocycles. The summed E-state index contributed by atoms with van der Waals surface area (Å²) < 4.78 is 0. The van der Waals surface area contributed by atoms with Crippen LogP contribution in [0.4, 0.5) is 0 Å². The Morgan fingerprint density at radius 3 is 2.75 bits per heavy atom. The molecule has 1 rings (SSSR count). The van der Waals surface area contributed by atoms with Gasteiger partial charge in [-0.3, -0.25) is 4.79 Å². The van der Waals surface area contributed by atoms with Gasteiger partial charge in [0.15, 0.2) is 0 Å². The number of hydrogen-bond donors (Lipinski definition) is 1. The Labute approximate surface area is 97.9 Å². The molecule has 0 saturated carbocycles. The first-order valence-corrected chi connectivity index (χ1v) is 5.95. The van der Waals surface area contributed by atoms with Crippen molar-refractivity contribution in [2.45, 2.75) is 33.1 Å². The fourth-order valence-electron chi connectivity index (χ4n) is 1.93. The van der Waals surface area contributed by atoms with Gasteiger partial charge in [-0.15, -0.1) is 0 Å². The molecular weight excluding hydrogens is 198 g/mol. The van der Waals surface area contributed by atoms with Crippen LogP contribution in [-0.4, -0.2) is 12.3 Å². The van der Waals surface area contributed by atoms with Crippen molar-refractivity contribution in [1.82, 2.24) is 0 Å². The van der Waals surface area contributed by atoms with Crippen LogP contribution >= 0.6 is 0 Å². The summed E-state index contributed by atoms with van der Waals surface area (Å²) in [6, 6.07) is 8.11. The topological polar surface area (TPSA) is 43.1 Å². The van der Waals surface area contributed by atoms with Crippen LogP contribution in [0.3, 0.4) is 0 Å². The summed E-state index contributed by atoms with van der Waals surface area (Å²) in [5, 5.41) is 0. The molecule has 1 atom stereocenters. The summed E-state index contributed by atoms with van der Waals surface area (Å²) in [5.74, 6) is 0.306. The largest absolute Gasteiger partial charge is 0.330 e. The molecule has 0 fully saturated rings. The number of Topliss-reactive ketones (excluding diaryl/α,β-unsaturated/α-hetero) is 1. The lowest BCUT2D eigenvalue weighted by Crippen LogP contribution is -2.25. The minimum Gasteiger partial charge on any atom is -0.330 e. The standard InChI is InChI=1S/C14H21NO/c1-3-5-13(10-15)14(16)9-12-7-4-6-11(2)8-12/h4,6-8,13H,3,5,9-10,15H2,1-2H3. The van der Waals surface area contributed by atoms with Crippen LogP contribution < -0.4 is 5.73 Å². The lowest BCUT2D eigenvalue weighted by Gasteiger charge is -2.12. The molecule has 0 aliphatic rings. The molecule has 0 heterocycles. The SMILES string of the molecule is CCCC(CN)C(=O)Cc1cccc(C)c1. The Bertz CT molecular complexity index is 346. The third-order valence-electron chi connectivity index (χ3n) is 2.84. The zero-order valence-electron chi connectivity index (χ0n) is 10.2. The maximum Gasteiger partial charge on any atom is 0.141 e. The Balaban J connectivity index is 2.62. The zero-order valence-corrected chi connectivity index (χ0v) is 10.2. The van der Waals surface area contributed by atoms with Crippen LogP contribution in [0.5, 0.6) is 0 Å². The van der Waals surface area contributed by atoms with Crippen LogP contribution in [0.15, 0.2) is 24.3 Å². The second-order valence-corrected chi connectivity index (χ2v) is 4.35. The summed E-state index contributed by atoms with van der Waals surface area (Å²) in [6.45, 7) is 4.60. The minimum atomic E-state index is 0.0329. The molecule has 16 heavy (non-hydrogen) atoms. The van der Waals surface area contributed by atoms with Gasteiger partial charge in [0, 0.05) is 18.9 Å². The van der Waals surface area contributed by atoms with Crippen molar-refractivity contribution in [3.63, 3.8) is 0 Å². The van der Waals surface area contributed by atoms with Gasteiger partial charge in [-0.05, 0) is 18.9 Å². The van der Waals surface area contributed by atoms with E-state index >= 15 is 0 Å². The minimum absolute atomic E-state index is 0.0329. The third kappa shape index (κ3) is 3.78. The highest BCUT2D eigenvalue weighted by atomic mass is 16.1. The quantitative estimate of drug-likeness (QED) is 0.798. The first-order valence-electron chi connectivity index (χ1n) is 5.95. The van der Waals surface area contributed by atoms with E-state index in [0.29, 0.717) is 13.0 Å². The van der Waals surface area contributed by atoms with Crippen molar-refractivity contribution in [3.8, 4) is 0 Å². The van der Waals surface area contributed by atoms with Crippen molar-refractivity contribution in [3.05, 3.63) is 35.4 Å². The van der Waals surface area contributed by atoms with E-state index in [1.54, 1.807) is 0 Å². The fourth-order valence-corrected chi connectivity index (χ4v) is 1.93. The van der Waals surface area contributed by atoms with Crippen LogP contribution in [0.25, 0.3) is 0 Å². The predicted octanol–water partition coefficient (Wildman–Crippen LogP) is 2.48. The number of aryl methyl sites for hydroxylation is 1. The fraction of sp³-hybridized carbons (Fsp3) is 0.500. The monoisotopic (exact) mass is 219 g/mol. The lowest BCUT2D eigenvalue weighted by molar-refractivity contribution is -0.122. The zero-order chi connectivity index (χ0) is 12.0. The molecule has 0 spiro atoms. The average molecular weight is 219 g/mol. The Kier molecular flexibility index (Phi) is 5.20. The normalized spacial score (nSPS) is 12.4. The van der Waals surface area contributed by atoms with E-state index in [1.165, 1.54) is 5.56 Å². The molecule has 0 amide bonds. The third-order valence-corrected chi connectivity index (χ3v) is 2.84. The molecule has 2 N–H and O–H groups in total. The van der Waals surface area contributed by atoms with Crippen LogP contribution in [0.2, 0.25) is 0 Å². The van der Waals surface area contributed by atoms with Gasteiger partial charge in [0.1, 0.15) is 5.78 Å². The molecule has 0 radical (unpaired) electrons. The van der Waals surface area contributed by atoms with Gasteiger partial charge in [-0.1, -0.05) is 43.2 Å². The molecule has 0 saturated heterocycles. The number of rotatable bonds is 6. The lowest BCUT2D eigenvalue weighted by atomic mass is 9.93. The van der Waals surface area contributed by atoms with Gasteiger partial charge in [0.25, 0.3) is 0 Å². The second kappa shape index (κ2) is 6.44. The number of ketones is 1. The first-order chi connectivity index (χ1) is 7.67. The Hall–Kier alpha value is -1.15. The second-order valence-electron chi connectivity index (χ2n) is 4.35. The highest BCUT2D eigenvalue weighted by molar-refractivity contribution is 5.83. The molecule has 0 bridgehead atoms. The van der Waals surface area contributed by atoms with Gasteiger partial charge >= 0.3 is 0 Å². The van der Waals surface area contributed by atoms with Gasteiger partial charge in [0.2, 0.25) is 0 Å². The molecule has 88 valence electrons. The maximum absolute atomic E-state index is 12.0. The molecule has 2 nitrogen and oxygen atoms in total. The van der Waals surface area contributed by atoms with Gasteiger partial charge in [0.05, 0.1) is 0 Å². The van der Waals surface area contributed by atoms with Gasteiger partial charge < -0.3 is 5.73 Å². The van der Waals surface area contributed by atoms with E-state index in [2.05, 4.69) is 13.0 Å². The highest BCUT2D eigenvalue weighted by Gasteiger charge is 2.15. The molecule has 2 heteroatoms. The number of carbonyl (C=O) groups is 1. The molecule has 0 aliphatic heterocycles. The van der Waals surface area contributed by atoms with Gasteiger partial charge in [-0.2, -0.15) is 0 Å². The van der Waals surface area contributed by atoms with E-state index in [0.717, 1.165) is 18.4 Å². The van der Waals surface area contributed by atoms with Gasteiger partial charge in [-0.25, -0.2) is 0 Å². The Morgan fingerprint density at radius 2 is 2.19 bits per heavy atom. The van der Waals surface area contributed by atoms with Crippen molar-refractivity contribution in [2.75, 3.05) is 6.54 Å². The number of nitrogens with two attached hydrogens (primary N) is 1. The molecule has 1 aromatic rings. The summed E-state index contributed by atoms with van der Waals surface area (Å²) in [5.41, 5.74) is 7.92. The predicted molar refractivity (Wildman–Crippen MR) is 67.3 cm³/mol. The van der Waals surface area contributed by atoms with E-state index in [-0.39, 0.29) is 11.7 Å². The summed E-state index contributed by atoms with van der Waals surface area (Å²) in [4.78, 5) is 12.0. The van der Waals surface area contributed by atoms with Crippen LogP contribution in [-0.2, 0) is 11.2 Å². The van der Waals surface area contributed by atoms with Crippen molar-refractivity contribution >= 4 is 5.78 Å². The summed E-state index contributed by atoms with van der Waals surface area (Å²) in [7, 11) is 0. The summed E-state index contributed by atoms with van der Waals surface area (Å²) >= 11 is 0. The van der Waals surface area contributed by atoms with Crippen molar-refractivity contribution in [1.29, 1.82) is 0 Å². The summed E-state index contributed by atoms with van der Waals surface area (Å²) in [6.07, 6.45) is 2.44. The van der Waals surface area contributed by atoms with Crippen molar-refractivity contribution < 1.29 is 4.79 Å². The van der Waals surface area contributed by atoms with E-state index in [4.69, 9.17) is 5.73 Å². The molecule has 1 unspecified atom stereocenters. The smallest absolute Gasteiger partial charge is 0.141 e. The maximum atomic E-state index is 12.0. The number of hydrogen-bond acceptors (Lipinski definition) is 2. The first kappa shape index (κ1) is 12.9. The molecule has 1 aromatic carbocycles. The number of carbonyl (C=O) groups excluding carboxylic acids is 1. The Morgan fingerprint density at radius 1 is 1.44 bits per heavy atom. The van der Waals surface area contributed by atoms with Crippen LogP contribution in [0, 0.1) is 12.8 Å². The highest BCUT2D eigenvalue weighted by Crippen LogP contribution is 2.12.